The van der Waals surface area contributed by atoms with Gasteiger partial charge in [0.15, 0.2) is 0 Å². The number of benzene rings is 1. The molecule has 1 aromatic heterocycles. The molecule has 0 fully saturated rings. The van der Waals surface area contributed by atoms with Gasteiger partial charge in [-0.25, -0.2) is 0 Å². The molecule has 1 heterocycles. The van der Waals surface area contributed by atoms with E-state index >= 15 is 0 Å². The smallest absolute Gasteiger partial charge is 0.0699 e. The van der Waals surface area contributed by atoms with Crippen molar-refractivity contribution in [2.45, 2.75) is 32.7 Å². The van der Waals surface area contributed by atoms with E-state index in [0.717, 1.165) is 19.6 Å². The van der Waals surface area contributed by atoms with E-state index in [1.54, 1.807) is 7.11 Å². The molecular weight excluding hydrogens is 262 g/mol. The zero-order valence-electron chi connectivity index (χ0n) is 13.4. The molecule has 4 nitrogen and oxygen atoms in total. The van der Waals surface area contributed by atoms with E-state index in [4.69, 9.17) is 4.74 Å². The summed E-state index contributed by atoms with van der Waals surface area (Å²) < 4.78 is 7.07. The molecule has 1 aromatic carbocycles. The van der Waals surface area contributed by atoms with Gasteiger partial charge in [-0.15, -0.1) is 0 Å². The number of aromatic nitrogens is 2. The van der Waals surface area contributed by atoms with Gasteiger partial charge in [-0.05, 0) is 24.0 Å². The number of hydrogen-bond donors (Lipinski definition) is 1. The molecule has 21 heavy (non-hydrogen) atoms. The number of aryl methyl sites for hydroxylation is 1. The number of rotatable bonds is 7. The van der Waals surface area contributed by atoms with Crippen molar-refractivity contribution in [2.24, 2.45) is 7.05 Å². The van der Waals surface area contributed by atoms with E-state index in [1.165, 1.54) is 22.5 Å². The average Bonchev–Trinajstić information content (AvgIpc) is 2.85. The second-order valence-electron chi connectivity index (χ2n) is 5.62. The van der Waals surface area contributed by atoms with E-state index < -0.39 is 0 Å². The van der Waals surface area contributed by atoms with Gasteiger partial charge in [0.25, 0.3) is 0 Å². The third-order valence-corrected chi connectivity index (χ3v) is 3.55. The van der Waals surface area contributed by atoms with Gasteiger partial charge < -0.3 is 10.1 Å². The maximum Gasteiger partial charge on any atom is 0.0699 e. The maximum atomic E-state index is 5.18. The van der Waals surface area contributed by atoms with Crippen LogP contribution in [0.25, 0.3) is 0 Å². The Balaban J connectivity index is 2.09. The van der Waals surface area contributed by atoms with Crippen LogP contribution in [-0.4, -0.2) is 23.5 Å². The Morgan fingerprint density at radius 3 is 2.71 bits per heavy atom. The van der Waals surface area contributed by atoms with E-state index in [-0.39, 0.29) is 0 Å². The number of hydrogen-bond acceptors (Lipinski definition) is 3. The van der Waals surface area contributed by atoms with Gasteiger partial charge in [-0.2, -0.15) is 5.10 Å². The van der Waals surface area contributed by atoms with Gasteiger partial charge in [-0.1, -0.05) is 32.0 Å². The Morgan fingerprint density at radius 2 is 2.00 bits per heavy atom. The van der Waals surface area contributed by atoms with Crippen molar-refractivity contribution >= 4 is 5.69 Å². The van der Waals surface area contributed by atoms with Crippen LogP contribution < -0.4 is 5.32 Å². The van der Waals surface area contributed by atoms with Crippen LogP contribution in [0, 0.1) is 0 Å². The molecule has 2 rings (SSSR count). The van der Waals surface area contributed by atoms with Crippen LogP contribution in [0.2, 0.25) is 0 Å². The van der Waals surface area contributed by atoms with E-state index in [0.29, 0.717) is 5.92 Å². The predicted octanol–water partition coefficient (Wildman–Crippen LogP) is 3.34. The number of ether oxygens (including phenoxy) is 1. The van der Waals surface area contributed by atoms with E-state index in [9.17, 15) is 0 Å². The lowest BCUT2D eigenvalue weighted by atomic mass is 10.1. The number of methoxy groups -OCH3 is 1. The summed E-state index contributed by atoms with van der Waals surface area (Å²) in [6.45, 7) is 5.89. The zero-order valence-corrected chi connectivity index (χ0v) is 13.4. The fourth-order valence-electron chi connectivity index (χ4n) is 2.49. The molecule has 0 saturated carbocycles. The molecule has 0 saturated heterocycles. The van der Waals surface area contributed by atoms with Gasteiger partial charge in [0, 0.05) is 38.1 Å². The number of anilines is 1. The highest BCUT2D eigenvalue weighted by Crippen LogP contribution is 2.21. The van der Waals surface area contributed by atoms with Gasteiger partial charge >= 0.3 is 0 Å². The molecule has 0 spiro atoms. The summed E-state index contributed by atoms with van der Waals surface area (Å²) in [6, 6.07) is 8.40. The van der Waals surface area contributed by atoms with Crippen molar-refractivity contribution < 1.29 is 4.74 Å². The van der Waals surface area contributed by atoms with Gasteiger partial charge in [0.1, 0.15) is 0 Å². The third-order valence-electron chi connectivity index (χ3n) is 3.55. The highest BCUT2D eigenvalue weighted by atomic mass is 16.5. The second-order valence-corrected chi connectivity index (χ2v) is 5.62. The number of nitrogens with zero attached hydrogens (tertiary/aromatic N) is 2. The van der Waals surface area contributed by atoms with Crippen molar-refractivity contribution in [3.63, 3.8) is 0 Å². The summed E-state index contributed by atoms with van der Waals surface area (Å²) in [7, 11) is 3.71. The zero-order chi connectivity index (χ0) is 15.2. The molecule has 114 valence electrons. The first-order valence-corrected chi connectivity index (χ1v) is 7.45. The molecule has 0 aliphatic rings. The molecule has 0 bridgehead atoms. The topological polar surface area (TPSA) is 39.1 Å². The lowest BCUT2D eigenvalue weighted by Crippen LogP contribution is -2.06. The molecular formula is C17H25N3O. The monoisotopic (exact) mass is 287 g/mol. The molecule has 2 aromatic rings. The van der Waals surface area contributed by atoms with Crippen LogP contribution in [0.4, 0.5) is 5.69 Å². The minimum atomic E-state index is 0.437. The number of nitrogens with one attached hydrogen (secondary N) is 1. The van der Waals surface area contributed by atoms with Crippen LogP contribution in [0.3, 0.4) is 0 Å². The number of para-hydroxylation sites is 1. The first-order valence-electron chi connectivity index (χ1n) is 7.45. The van der Waals surface area contributed by atoms with Crippen molar-refractivity contribution in [1.29, 1.82) is 0 Å². The summed E-state index contributed by atoms with van der Waals surface area (Å²) >= 11 is 0. The van der Waals surface area contributed by atoms with Gasteiger partial charge in [0.05, 0.1) is 12.3 Å². The highest BCUT2D eigenvalue weighted by molar-refractivity contribution is 5.51. The lowest BCUT2D eigenvalue weighted by molar-refractivity contribution is 0.202. The lowest BCUT2D eigenvalue weighted by Gasteiger charge is -2.12. The third kappa shape index (κ3) is 4.08. The van der Waals surface area contributed by atoms with Gasteiger partial charge in [-0.3, -0.25) is 4.68 Å². The predicted molar refractivity (Wildman–Crippen MR) is 86.6 cm³/mol. The van der Waals surface area contributed by atoms with E-state index in [2.05, 4.69) is 54.7 Å². The minimum absolute atomic E-state index is 0.437. The summed E-state index contributed by atoms with van der Waals surface area (Å²) in [5.74, 6) is 0.437. The van der Waals surface area contributed by atoms with Crippen molar-refractivity contribution in [2.75, 3.05) is 19.0 Å². The SMILES string of the molecule is COCCc1ccccc1NCc1cn(C)nc1C(C)C. The van der Waals surface area contributed by atoms with Crippen LogP contribution in [0.5, 0.6) is 0 Å². The van der Waals surface area contributed by atoms with Crippen LogP contribution in [0.15, 0.2) is 30.5 Å². The summed E-state index contributed by atoms with van der Waals surface area (Å²) in [5.41, 5.74) is 4.89. The summed E-state index contributed by atoms with van der Waals surface area (Å²) in [6.07, 6.45) is 3.02. The Labute approximate surface area is 127 Å². The summed E-state index contributed by atoms with van der Waals surface area (Å²) in [4.78, 5) is 0. The molecule has 4 heteroatoms. The fourth-order valence-corrected chi connectivity index (χ4v) is 2.49. The highest BCUT2D eigenvalue weighted by Gasteiger charge is 2.11. The maximum absolute atomic E-state index is 5.18. The van der Waals surface area contributed by atoms with E-state index in [1.807, 2.05) is 11.7 Å². The Kier molecular flexibility index (Phi) is 5.39. The standard InChI is InChI=1S/C17H25N3O/c1-13(2)17-15(12-20(3)19-17)11-18-16-8-6-5-7-14(16)9-10-21-4/h5-8,12-13,18H,9-11H2,1-4H3. The molecule has 0 atom stereocenters. The molecule has 0 radical (unpaired) electrons. The Hall–Kier alpha value is -1.81. The normalized spacial score (nSPS) is 11.1. The fraction of sp³-hybridized carbons (Fsp3) is 0.471. The van der Waals surface area contributed by atoms with Crippen LogP contribution in [0.1, 0.15) is 36.6 Å². The average molecular weight is 287 g/mol. The minimum Gasteiger partial charge on any atom is -0.384 e. The second kappa shape index (κ2) is 7.27. The van der Waals surface area contributed by atoms with Crippen LogP contribution in [-0.2, 0) is 24.8 Å². The molecule has 1 N–H and O–H groups in total. The summed E-state index contributed by atoms with van der Waals surface area (Å²) in [5, 5.41) is 8.09. The first-order chi connectivity index (χ1) is 10.1. The molecule has 0 amide bonds. The van der Waals surface area contributed by atoms with Crippen LogP contribution >= 0.6 is 0 Å². The quantitative estimate of drug-likeness (QED) is 0.849. The largest absolute Gasteiger partial charge is 0.384 e. The van der Waals surface area contributed by atoms with Crippen molar-refractivity contribution in [3.8, 4) is 0 Å². The molecule has 0 aliphatic heterocycles. The van der Waals surface area contributed by atoms with Gasteiger partial charge in [0.2, 0.25) is 0 Å². The van der Waals surface area contributed by atoms with Crippen molar-refractivity contribution in [3.05, 3.63) is 47.3 Å². The molecule has 0 aliphatic carbocycles. The Morgan fingerprint density at radius 1 is 1.24 bits per heavy atom. The first kappa shape index (κ1) is 15.6. The Bertz CT molecular complexity index is 575. The van der Waals surface area contributed by atoms with Crippen molar-refractivity contribution in [1.82, 2.24) is 9.78 Å². The molecule has 0 unspecified atom stereocenters.